The number of hydrogen-bond donors (Lipinski definition) is 1. The number of hydrogen-bond acceptors (Lipinski definition) is 3. The molecule has 1 aromatic heterocycles. The van der Waals surface area contributed by atoms with E-state index in [-0.39, 0.29) is 24.4 Å². The number of halogens is 2. The summed E-state index contributed by atoms with van der Waals surface area (Å²) >= 11 is 4.86. The molecular weight excluding hydrogens is 312 g/mol. The number of nitrogens with zero attached hydrogens (tertiary/aromatic N) is 1. The molecule has 0 spiro atoms. The minimum absolute atomic E-state index is 0. The van der Waals surface area contributed by atoms with Gasteiger partial charge in [0, 0.05) is 35.5 Å². The molecule has 90 valence electrons. The van der Waals surface area contributed by atoms with Crippen molar-refractivity contribution < 1.29 is 4.79 Å². The van der Waals surface area contributed by atoms with Crippen LogP contribution in [0.1, 0.15) is 16.6 Å². The zero-order chi connectivity index (χ0) is 10.8. The van der Waals surface area contributed by atoms with Gasteiger partial charge in [-0.2, -0.15) is 0 Å². The van der Waals surface area contributed by atoms with Gasteiger partial charge in [0.2, 0.25) is 0 Å². The molecular formula is C10H14BrClN2OS. The molecule has 1 aromatic rings. The standard InChI is InChI=1S/C10H13BrN2OS.ClH/c1-7-5-12-2-3-13(7)10(14)9-4-8(11)6-15-9;/h4,6-7,12H,2-3,5H2,1H3;1H/t7-;/m1./s1. The normalized spacial score (nSPS) is 20.4. The summed E-state index contributed by atoms with van der Waals surface area (Å²) in [5.41, 5.74) is 0. The summed E-state index contributed by atoms with van der Waals surface area (Å²) in [6.07, 6.45) is 0. The molecule has 16 heavy (non-hydrogen) atoms. The van der Waals surface area contributed by atoms with E-state index in [1.165, 1.54) is 11.3 Å². The van der Waals surface area contributed by atoms with E-state index in [1.807, 2.05) is 16.3 Å². The summed E-state index contributed by atoms with van der Waals surface area (Å²) in [5, 5.41) is 5.22. The molecule has 0 aliphatic carbocycles. The van der Waals surface area contributed by atoms with Crippen LogP contribution in [0.2, 0.25) is 0 Å². The van der Waals surface area contributed by atoms with Gasteiger partial charge in [-0.1, -0.05) is 0 Å². The average Bonchev–Trinajstić information content (AvgIpc) is 2.65. The molecule has 0 radical (unpaired) electrons. The first-order valence-electron chi connectivity index (χ1n) is 4.94. The van der Waals surface area contributed by atoms with Crippen LogP contribution in [0, 0.1) is 0 Å². The molecule has 0 unspecified atom stereocenters. The molecule has 0 bridgehead atoms. The van der Waals surface area contributed by atoms with Crippen molar-refractivity contribution in [3.05, 3.63) is 20.8 Å². The molecule has 1 aliphatic rings. The van der Waals surface area contributed by atoms with Crippen LogP contribution in [0.25, 0.3) is 0 Å². The SMILES string of the molecule is C[C@@H]1CNCCN1C(=O)c1cc(Br)cs1.Cl. The predicted octanol–water partition coefficient (Wildman–Crippen LogP) is 2.37. The second-order valence-electron chi connectivity index (χ2n) is 3.68. The first-order chi connectivity index (χ1) is 7.18. The van der Waals surface area contributed by atoms with E-state index in [0.717, 1.165) is 29.0 Å². The number of nitrogens with one attached hydrogen (secondary N) is 1. The molecule has 1 amide bonds. The van der Waals surface area contributed by atoms with Crippen LogP contribution >= 0.6 is 39.7 Å². The van der Waals surface area contributed by atoms with Gasteiger partial charge < -0.3 is 10.2 Å². The fourth-order valence-electron chi connectivity index (χ4n) is 1.71. The molecule has 1 N–H and O–H groups in total. The van der Waals surface area contributed by atoms with Gasteiger partial charge >= 0.3 is 0 Å². The second-order valence-corrected chi connectivity index (χ2v) is 5.51. The van der Waals surface area contributed by atoms with E-state index in [4.69, 9.17) is 0 Å². The molecule has 1 saturated heterocycles. The third-order valence-corrected chi connectivity index (χ3v) is 4.22. The molecule has 2 heterocycles. The lowest BCUT2D eigenvalue weighted by molar-refractivity contribution is 0.0661. The molecule has 1 fully saturated rings. The van der Waals surface area contributed by atoms with Crippen molar-refractivity contribution in [1.29, 1.82) is 0 Å². The van der Waals surface area contributed by atoms with Gasteiger partial charge in [-0.25, -0.2) is 0 Å². The molecule has 1 atom stereocenters. The first-order valence-corrected chi connectivity index (χ1v) is 6.61. The van der Waals surface area contributed by atoms with Gasteiger partial charge in [0.25, 0.3) is 5.91 Å². The van der Waals surface area contributed by atoms with Gasteiger partial charge in [0.05, 0.1) is 4.88 Å². The van der Waals surface area contributed by atoms with Crippen LogP contribution in [0.4, 0.5) is 0 Å². The fraction of sp³-hybridized carbons (Fsp3) is 0.500. The summed E-state index contributed by atoms with van der Waals surface area (Å²) < 4.78 is 0.985. The van der Waals surface area contributed by atoms with Crippen molar-refractivity contribution in [3.63, 3.8) is 0 Å². The van der Waals surface area contributed by atoms with Gasteiger partial charge in [0.1, 0.15) is 0 Å². The lowest BCUT2D eigenvalue weighted by Gasteiger charge is -2.33. The average molecular weight is 326 g/mol. The molecule has 0 aromatic carbocycles. The number of amides is 1. The van der Waals surface area contributed by atoms with Crippen LogP contribution in [0.15, 0.2) is 15.9 Å². The highest BCUT2D eigenvalue weighted by Crippen LogP contribution is 2.22. The number of carbonyl (C=O) groups excluding carboxylic acids is 1. The predicted molar refractivity (Wildman–Crippen MR) is 72.6 cm³/mol. The maximum atomic E-state index is 12.1. The van der Waals surface area contributed by atoms with Crippen molar-refractivity contribution in [2.45, 2.75) is 13.0 Å². The van der Waals surface area contributed by atoms with Crippen LogP contribution in [0.3, 0.4) is 0 Å². The van der Waals surface area contributed by atoms with E-state index in [9.17, 15) is 4.79 Å². The number of thiophene rings is 1. The third kappa shape index (κ3) is 2.97. The first kappa shape index (κ1) is 14.0. The minimum Gasteiger partial charge on any atom is -0.333 e. The summed E-state index contributed by atoms with van der Waals surface area (Å²) in [4.78, 5) is 14.9. The second kappa shape index (κ2) is 6.00. The molecule has 0 saturated carbocycles. The van der Waals surface area contributed by atoms with Crippen LogP contribution < -0.4 is 5.32 Å². The largest absolute Gasteiger partial charge is 0.333 e. The highest BCUT2D eigenvalue weighted by molar-refractivity contribution is 9.10. The molecule has 1 aliphatic heterocycles. The fourth-order valence-corrected chi connectivity index (χ4v) is 3.09. The van der Waals surface area contributed by atoms with E-state index in [2.05, 4.69) is 28.2 Å². The van der Waals surface area contributed by atoms with E-state index < -0.39 is 0 Å². The number of piperazine rings is 1. The Morgan fingerprint density at radius 2 is 2.44 bits per heavy atom. The van der Waals surface area contributed by atoms with E-state index in [0.29, 0.717) is 0 Å². The zero-order valence-electron chi connectivity index (χ0n) is 8.90. The van der Waals surface area contributed by atoms with Crippen molar-refractivity contribution in [2.24, 2.45) is 0 Å². The Balaban J connectivity index is 0.00000128. The van der Waals surface area contributed by atoms with Crippen LogP contribution in [-0.2, 0) is 0 Å². The summed E-state index contributed by atoms with van der Waals surface area (Å²) in [6, 6.07) is 2.18. The lowest BCUT2D eigenvalue weighted by Crippen LogP contribution is -2.52. The highest BCUT2D eigenvalue weighted by Gasteiger charge is 2.24. The van der Waals surface area contributed by atoms with Crippen molar-refractivity contribution >= 4 is 45.6 Å². The van der Waals surface area contributed by atoms with Crippen molar-refractivity contribution in [3.8, 4) is 0 Å². The van der Waals surface area contributed by atoms with Crippen molar-refractivity contribution in [2.75, 3.05) is 19.6 Å². The van der Waals surface area contributed by atoms with E-state index >= 15 is 0 Å². The van der Waals surface area contributed by atoms with Gasteiger partial charge in [0.15, 0.2) is 0 Å². The monoisotopic (exact) mass is 324 g/mol. The maximum absolute atomic E-state index is 12.1. The maximum Gasteiger partial charge on any atom is 0.264 e. The Morgan fingerprint density at radius 1 is 1.69 bits per heavy atom. The Hall–Kier alpha value is -0.100. The topological polar surface area (TPSA) is 32.3 Å². The minimum atomic E-state index is 0. The van der Waals surface area contributed by atoms with E-state index in [1.54, 1.807) is 0 Å². The van der Waals surface area contributed by atoms with Crippen LogP contribution in [0.5, 0.6) is 0 Å². The third-order valence-electron chi connectivity index (χ3n) is 2.54. The Kier molecular flexibility index (Phi) is 5.24. The molecule has 6 heteroatoms. The number of rotatable bonds is 1. The summed E-state index contributed by atoms with van der Waals surface area (Å²) in [7, 11) is 0. The zero-order valence-corrected chi connectivity index (χ0v) is 12.1. The Morgan fingerprint density at radius 3 is 3.00 bits per heavy atom. The lowest BCUT2D eigenvalue weighted by atomic mass is 10.2. The Bertz CT molecular complexity index is 371. The van der Waals surface area contributed by atoms with Gasteiger partial charge in [-0.15, -0.1) is 23.7 Å². The highest BCUT2D eigenvalue weighted by atomic mass is 79.9. The number of carbonyl (C=O) groups is 1. The molecule has 3 nitrogen and oxygen atoms in total. The van der Waals surface area contributed by atoms with Gasteiger partial charge in [-0.3, -0.25) is 4.79 Å². The van der Waals surface area contributed by atoms with Gasteiger partial charge in [-0.05, 0) is 28.9 Å². The van der Waals surface area contributed by atoms with Crippen molar-refractivity contribution in [1.82, 2.24) is 10.2 Å². The Labute approximate surface area is 114 Å². The summed E-state index contributed by atoms with van der Waals surface area (Å²) in [5.74, 6) is 0.153. The quantitative estimate of drug-likeness (QED) is 0.860. The summed E-state index contributed by atoms with van der Waals surface area (Å²) in [6.45, 7) is 4.66. The van der Waals surface area contributed by atoms with Crippen LogP contribution in [-0.4, -0.2) is 36.5 Å². The molecule has 2 rings (SSSR count). The smallest absolute Gasteiger partial charge is 0.264 e.